The molecule has 0 aliphatic carbocycles. The summed E-state index contributed by atoms with van der Waals surface area (Å²) < 4.78 is 31.0. The number of hydrogen-bond donors (Lipinski definition) is 1. The average molecular weight is 306 g/mol. The molecule has 1 atom stereocenters. The standard InChI is InChI=1S/C15H22ClF2NO/c1-11(5-6-19-7-8-20-2)3-4-12-9-14(17)15(18)10-13(12)16/h9-11,19H,3-8H2,1-2H3. The molecule has 0 aliphatic heterocycles. The highest BCUT2D eigenvalue weighted by Gasteiger charge is 2.10. The van der Waals surface area contributed by atoms with Crippen LogP contribution in [0.5, 0.6) is 0 Å². The number of methoxy groups -OCH3 is 1. The van der Waals surface area contributed by atoms with Crippen molar-refractivity contribution in [3.8, 4) is 0 Å². The van der Waals surface area contributed by atoms with Gasteiger partial charge in [0.05, 0.1) is 6.61 Å². The molecule has 5 heteroatoms. The minimum atomic E-state index is -0.894. The molecule has 1 aromatic rings. The molecule has 0 radical (unpaired) electrons. The summed E-state index contributed by atoms with van der Waals surface area (Å²) in [6, 6.07) is 2.24. The van der Waals surface area contributed by atoms with Crippen molar-refractivity contribution in [1.82, 2.24) is 5.32 Å². The molecule has 2 nitrogen and oxygen atoms in total. The van der Waals surface area contributed by atoms with Crippen LogP contribution in [0.1, 0.15) is 25.3 Å². The van der Waals surface area contributed by atoms with E-state index in [-0.39, 0.29) is 0 Å². The third-order valence-electron chi connectivity index (χ3n) is 3.29. The van der Waals surface area contributed by atoms with Gasteiger partial charge in [0.2, 0.25) is 0 Å². The number of rotatable bonds is 9. The Morgan fingerprint density at radius 1 is 1.20 bits per heavy atom. The second-order valence-electron chi connectivity index (χ2n) is 5.03. The molecule has 114 valence electrons. The molecule has 0 heterocycles. The first-order valence-electron chi connectivity index (χ1n) is 6.87. The fourth-order valence-corrected chi connectivity index (χ4v) is 2.19. The Morgan fingerprint density at radius 3 is 2.60 bits per heavy atom. The predicted octanol–water partition coefficient (Wildman–Crippen LogP) is 3.81. The molecule has 1 aromatic carbocycles. The summed E-state index contributed by atoms with van der Waals surface area (Å²) in [7, 11) is 1.68. The second kappa shape index (κ2) is 9.27. The summed E-state index contributed by atoms with van der Waals surface area (Å²) in [4.78, 5) is 0. The molecule has 0 saturated carbocycles. The minimum absolute atomic E-state index is 0.300. The molecule has 0 saturated heterocycles. The molecule has 0 aromatic heterocycles. The van der Waals surface area contributed by atoms with Crippen molar-refractivity contribution >= 4 is 11.6 Å². The molecule has 0 fully saturated rings. The topological polar surface area (TPSA) is 21.3 Å². The van der Waals surface area contributed by atoms with E-state index in [1.807, 2.05) is 0 Å². The maximum atomic E-state index is 13.1. The summed E-state index contributed by atoms with van der Waals surface area (Å²) in [5.74, 6) is -1.23. The van der Waals surface area contributed by atoms with Gasteiger partial charge in [-0.3, -0.25) is 0 Å². The molecule has 0 spiro atoms. The quantitative estimate of drug-likeness (QED) is 0.553. The van der Waals surface area contributed by atoms with Gasteiger partial charge >= 0.3 is 0 Å². The van der Waals surface area contributed by atoms with Gasteiger partial charge in [-0.2, -0.15) is 0 Å². The Kier molecular flexibility index (Phi) is 8.04. The zero-order valence-electron chi connectivity index (χ0n) is 12.0. The van der Waals surface area contributed by atoms with E-state index in [1.165, 1.54) is 6.07 Å². The highest BCUT2D eigenvalue weighted by Crippen LogP contribution is 2.23. The normalized spacial score (nSPS) is 12.7. The van der Waals surface area contributed by atoms with Gasteiger partial charge in [0, 0.05) is 18.7 Å². The summed E-state index contributed by atoms with van der Waals surface area (Å²) >= 11 is 5.91. The molecule has 1 unspecified atom stereocenters. The number of nitrogens with one attached hydrogen (secondary N) is 1. The first-order chi connectivity index (χ1) is 9.54. The van der Waals surface area contributed by atoms with Gasteiger partial charge in [-0.05, 0) is 49.4 Å². The fourth-order valence-electron chi connectivity index (χ4n) is 1.95. The van der Waals surface area contributed by atoms with Crippen LogP contribution in [0.15, 0.2) is 12.1 Å². The number of ether oxygens (including phenoxy) is 1. The Labute approximate surface area is 124 Å². The molecule has 20 heavy (non-hydrogen) atoms. The van der Waals surface area contributed by atoms with Gasteiger partial charge < -0.3 is 10.1 Å². The van der Waals surface area contributed by atoms with E-state index in [9.17, 15) is 8.78 Å². The van der Waals surface area contributed by atoms with Crippen LogP contribution in [-0.2, 0) is 11.2 Å². The van der Waals surface area contributed by atoms with Crippen LogP contribution in [-0.4, -0.2) is 26.8 Å². The minimum Gasteiger partial charge on any atom is -0.383 e. The van der Waals surface area contributed by atoms with Crippen molar-refractivity contribution in [2.24, 2.45) is 5.92 Å². The van der Waals surface area contributed by atoms with E-state index in [2.05, 4.69) is 12.2 Å². The first-order valence-corrected chi connectivity index (χ1v) is 7.25. The summed E-state index contributed by atoms with van der Waals surface area (Å²) in [5, 5.41) is 3.58. The SMILES string of the molecule is COCCNCCC(C)CCc1cc(F)c(F)cc1Cl. The van der Waals surface area contributed by atoms with E-state index in [1.54, 1.807) is 7.11 Å². The second-order valence-corrected chi connectivity index (χ2v) is 5.44. The predicted molar refractivity (Wildman–Crippen MR) is 78.2 cm³/mol. The zero-order chi connectivity index (χ0) is 15.0. The monoisotopic (exact) mass is 305 g/mol. The van der Waals surface area contributed by atoms with Crippen molar-refractivity contribution in [2.45, 2.75) is 26.2 Å². The van der Waals surface area contributed by atoms with Crippen LogP contribution in [0.4, 0.5) is 8.78 Å². The lowest BCUT2D eigenvalue weighted by Crippen LogP contribution is -2.21. The molecule has 0 aliphatic rings. The average Bonchev–Trinajstić information content (AvgIpc) is 2.41. The van der Waals surface area contributed by atoms with Crippen LogP contribution < -0.4 is 5.32 Å². The molecule has 0 amide bonds. The van der Waals surface area contributed by atoms with Gasteiger partial charge in [-0.15, -0.1) is 0 Å². The van der Waals surface area contributed by atoms with Crippen molar-refractivity contribution in [3.05, 3.63) is 34.4 Å². The Hall–Kier alpha value is -0.710. The number of halogens is 3. The number of benzene rings is 1. The highest BCUT2D eigenvalue weighted by atomic mass is 35.5. The van der Waals surface area contributed by atoms with Crippen molar-refractivity contribution in [3.63, 3.8) is 0 Å². The fraction of sp³-hybridized carbons (Fsp3) is 0.600. The summed E-state index contributed by atoms with van der Waals surface area (Å²) in [5.41, 5.74) is 0.671. The third kappa shape index (κ3) is 6.16. The lowest BCUT2D eigenvalue weighted by atomic mass is 9.98. The van der Waals surface area contributed by atoms with Crippen molar-refractivity contribution in [2.75, 3.05) is 26.8 Å². The van der Waals surface area contributed by atoms with E-state index in [0.717, 1.165) is 32.0 Å². The largest absolute Gasteiger partial charge is 0.383 e. The van der Waals surface area contributed by atoms with Gasteiger partial charge in [0.1, 0.15) is 0 Å². The summed E-state index contributed by atoms with van der Waals surface area (Å²) in [6.07, 6.45) is 2.59. The number of aryl methyl sites for hydroxylation is 1. The molecular weight excluding hydrogens is 284 g/mol. The van der Waals surface area contributed by atoms with Crippen LogP contribution in [0.2, 0.25) is 5.02 Å². The third-order valence-corrected chi connectivity index (χ3v) is 3.64. The van der Waals surface area contributed by atoms with Crippen molar-refractivity contribution < 1.29 is 13.5 Å². The molecule has 0 bridgehead atoms. The van der Waals surface area contributed by atoms with Crippen LogP contribution in [0.25, 0.3) is 0 Å². The lowest BCUT2D eigenvalue weighted by Gasteiger charge is -2.13. The van der Waals surface area contributed by atoms with Crippen molar-refractivity contribution in [1.29, 1.82) is 0 Å². The van der Waals surface area contributed by atoms with E-state index < -0.39 is 11.6 Å². The number of hydrogen-bond acceptors (Lipinski definition) is 2. The Bertz CT molecular complexity index is 415. The van der Waals surface area contributed by atoms with Crippen LogP contribution in [0.3, 0.4) is 0 Å². The van der Waals surface area contributed by atoms with Gasteiger partial charge in [-0.1, -0.05) is 18.5 Å². The maximum absolute atomic E-state index is 13.1. The van der Waals surface area contributed by atoms with Gasteiger partial charge in [0.25, 0.3) is 0 Å². The maximum Gasteiger partial charge on any atom is 0.160 e. The van der Waals surface area contributed by atoms with Gasteiger partial charge in [-0.25, -0.2) is 8.78 Å². The van der Waals surface area contributed by atoms with Gasteiger partial charge in [0.15, 0.2) is 11.6 Å². The van der Waals surface area contributed by atoms with E-state index in [4.69, 9.17) is 16.3 Å². The van der Waals surface area contributed by atoms with E-state index in [0.29, 0.717) is 29.5 Å². The molecule has 1 N–H and O–H groups in total. The molecule has 1 rings (SSSR count). The Morgan fingerprint density at radius 2 is 1.90 bits per heavy atom. The van der Waals surface area contributed by atoms with Crippen LogP contribution in [0, 0.1) is 17.6 Å². The van der Waals surface area contributed by atoms with E-state index >= 15 is 0 Å². The van der Waals surface area contributed by atoms with Crippen LogP contribution >= 0.6 is 11.6 Å². The first kappa shape index (κ1) is 17.3. The lowest BCUT2D eigenvalue weighted by molar-refractivity contribution is 0.199. The smallest absolute Gasteiger partial charge is 0.160 e. The zero-order valence-corrected chi connectivity index (χ0v) is 12.8. The highest BCUT2D eigenvalue weighted by molar-refractivity contribution is 6.31. The Balaban J connectivity index is 2.30. The summed E-state index contributed by atoms with van der Waals surface area (Å²) in [6.45, 7) is 4.62. The molecular formula is C15H22ClF2NO.